The summed E-state index contributed by atoms with van der Waals surface area (Å²) in [4.78, 5) is 23.1. The van der Waals surface area contributed by atoms with Gasteiger partial charge in [0.1, 0.15) is 0 Å². The number of nitrogens with one attached hydrogen (secondary N) is 2. The van der Waals surface area contributed by atoms with Crippen LogP contribution in [0.25, 0.3) is 0 Å². The van der Waals surface area contributed by atoms with Crippen molar-refractivity contribution in [3.05, 3.63) is 29.8 Å². The third-order valence-corrected chi connectivity index (χ3v) is 3.71. The van der Waals surface area contributed by atoms with E-state index >= 15 is 0 Å². The third-order valence-electron chi connectivity index (χ3n) is 3.71. The molecule has 0 spiro atoms. The van der Waals surface area contributed by atoms with Gasteiger partial charge in [-0.05, 0) is 31.9 Å². The molecule has 0 aliphatic heterocycles. The van der Waals surface area contributed by atoms with E-state index in [1.807, 2.05) is 31.2 Å². The molecule has 108 valence electrons. The lowest BCUT2D eigenvalue weighted by atomic mass is 9.84. The molecule has 1 aliphatic carbocycles. The molecule has 20 heavy (non-hydrogen) atoms. The van der Waals surface area contributed by atoms with Crippen molar-refractivity contribution in [3.63, 3.8) is 0 Å². The standard InChI is InChI=1S/C15H20N2O3/c1-10-6-8-11(9-7-10)16-15(20)17-13-5-3-2-4-12(13)14(18)19/h6-9,12-13H,2-5H2,1H3,(H,18,19)(H2,16,17,20). The molecule has 0 bridgehead atoms. The number of carboxylic acid groups (broad SMARTS) is 1. The zero-order chi connectivity index (χ0) is 14.5. The van der Waals surface area contributed by atoms with Gasteiger partial charge in [0.25, 0.3) is 0 Å². The topological polar surface area (TPSA) is 78.4 Å². The Balaban J connectivity index is 1.92. The number of aliphatic carboxylic acids is 1. The fourth-order valence-corrected chi connectivity index (χ4v) is 2.57. The first-order valence-corrected chi connectivity index (χ1v) is 6.93. The number of urea groups is 1. The number of hydrogen-bond acceptors (Lipinski definition) is 2. The van der Waals surface area contributed by atoms with Crippen LogP contribution in [0, 0.1) is 12.8 Å². The van der Waals surface area contributed by atoms with Gasteiger partial charge in [0.15, 0.2) is 0 Å². The summed E-state index contributed by atoms with van der Waals surface area (Å²) in [5.41, 5.74) is 1.82. The van der Waals surface area contributed by atoms with E-state index in [1.54, 1.807) is 0 Å². The average Bonchev–Trinajstić information content (AvgIpc) is 2.41. The molecular weight excluding hydrogens is 256 g/mol. The molecule has 1 aliphatic rings. The Morgan fingerprint density at radius 2 is 1.80 bits per heavy atom. The van der Waals surface area contributed by atoms with Gasteiger partial charge in [0, 0.05) is 11.7 Å². The normalized spacial score (nSPS) is 22.1. The SMILES string of the molecule is Cc1ccc(NC(=O)NC2CCCCC2C(=O)O)cc1. The van der Waals surface area contributed by atoms with E-state index in [9.17, 15) is 14.7 Å². The summed E-state index contributed by atoms with van der Waals surface area (Å²) in [5, 5.41) is 14.7. The molecule has 2 rings (SSSR count). The number of hydrogen-bond donors (Lipinski definition) is 3. The summed E-state index contributed by atoms with van der Waals surface area (Å²) >= 11 is 0. The lowest BCUT2D eigenvalue weighted by molar-refractivity contribution is -0.143. The number of carbonyl (C=O) groups excluding carboxylic acids is 1. The van der Waals surface area contributed by atoms with Gasteiger partial charge in [-0.2, -0.15) is 0 Å². The smallest absolute Gasteiger partial charge is 0.319 e. The summed E-state index contributed by atoms with van der Waals surface area (Å²) in [7, 11) is 0. The average molecular weight is 276 g/mol. The summed E-state index contributed by atoms with van der Waals surface area (Å²) in [6, 6.07) is 6.85. The molecule has 1 aromatic rings. The molecule has 5 heteroatoms. The lowest BCUT2D eigenvalue weighted by Gasteiger charge is -2.29. The van der Waals surface area contributed by atoms with Crippen LogP contribution in [0.3, 0.4) is 0 Å². The number of benzene rings is 1. The Morgan fingerprint density at radius 1 is 1.15 bits per heavy atom. The van der Waals surface area contributed by atoms with Gasteiger partial charge in [0.2, 0.25) is 0 Å². The molecule has 2 amide bonds. The number of amides is 2. The first kappa shape index (κ1) is 14.4. The van der Waals surface area contributed by atoms with Gasteiger partial charge in [-0.1, -0.05) is 30.5 Å². The Bertz CT molecular complexity index is 484. The van der Waals surface area contributed by atoms with E-state index in [0.29, 0.717) is 12.1 Å². The van der Waals surface area contributed by atoms with Gasteiger partial charge < -0.3 is 15.7 Å². The Labute approximate surface area is 118 Å². The molecular formula is C15H20N2O3. The highest BCUT2D eigenvalue weighted by molar-refractivity contribution is 5.89. The van der Waals surface area contributed by atoms with E-state index in [-0.39, 0.29) is 12.1 Å². The van der Waals surface area contributed by atoms with Crippen molar-refractivity contribution < 1.29 is 14.7 Å². The van der Waals surface area contributed by atoms with Crippen molar-refractivity contribution in [1.29, 1.82) is 0 Å². The van der Waals surface area contributed by atoms with Crippen molar-refractivity contribution in [1.82, 2.24) is 5.32 Å². The Hall–Kier alpha value is -2.04. The zero-order valence-corrected chi connectivity index (χ0v) is 11.6. The third kappa shape index (κ3) is 3.73. The minimum atomic E-state index is -0.828. The van der Waals surface area contributed by atoms with Crippen molar-refractivity contribution in [2.24, 2.45) is 5.92 Å². The van der Waals surface area contributed by atoms with E-state index in [4.69, 9.17) is 0 Å². The zero-order valence-electron chi connectivity index (χ0n) is 11.6. The van der Waals surface area contributed by atoms with Crippen LogP contribution < -0.4 is 10.6 Å². The predicted molar refractivity (Wildman–Crippen MR) is 76.7 cm³/mol. The lowest BCUT2D eigenvalue weighted by Crippen LogP contribution is -2.46. The predicted octanol–water partition coefficient (Wildman–Crippen LogP) is 2.76. The first-order valence-electron chi connectivity index (χ1n) is 6.93. The van der Waals surface area contributed by atoms with Gasteiger partial charge in [0.05, 0.1) is 5.92 Å². The second kappa shape index (κ2) is 6.41. The number of carbonyl (C=O) groups is 2. The highest BCUT2D eigenvalue weighted by Crippen LogP contribution is 2.24. The summed E-state index contributed by atoms with van der Waals surface area (Å²) in [6.45, 7) is 1.98. The van der Waals surface area contributed by atoms with Crippen LogP contribution in [0.2, 0.25) is 0 Å². The number of rotatable bonds is 3. The molecule has 0 aromatic heterocycles. The molecule has 3 N–H and O–H groups in total. The van der Waals surface area contributed by atoms with Gasteiger partial charge in [-0.15, -0.1) is 0 Å². The second-order valence-corrected chi connectivity index (χ2v) is 5.30. The summed E-state index contributed by atoms with van der Waals surface area (Å²) in [5.74, 6) is -1.31. The van der Waals surface area contributed by atoms with E-state index in [2.05, 4.69) is 10.6 Å². The molecule has 0 saturated heterocycles. The molecule has 5 nitrogen and oxygen atoms in total. The summed E-state index contributed by atoms with van der Waals surface area (Å²) < 4.78 is 0. The molecule has 1 fully saturated rings. The molecule has 1 saturated carbocycles. The van der Waals surface area contributed by atoms with Crippen molar-refractivity contribution in [2.45, 2.75) is 38.6 Å². The minimum Gasteiger partial charge on any atom is -0.481 e. The monoisotopic (exact) mass is 276 g/mol. The van der Waals surface area contributed by atoms with Crippen LogP contribution in [-0.2, 0) is 4.79 Å². The van der Waals surface area contributed by atoms with Gasteiger partial charge in [-0.25, -0.2) is 4.79 Å². The largest absolute Gasteiger partial charge is 0.481 e. The number of carboxylic acids is 1. The molecule has 2 atom stereocenters. The van der Waals surface area contributed by atoms with Crippen LogP contribution in [-0.4, -0.2) is 23.1 Å². The van der Waals surface area contributed by atoms with Gasteiger partial charge >= 0.3 is 12.0 Å². The molecule has 1 aromatic carbocycles. The van der Waals surface area contributed by atoms with Crippen LogP contribution >= 0.6 is 0 Å². The maximum atomic E-state index is 11.9. The van der Waals surface area contributed by atoms with Crippen molar-refractivity contribution >= 4 is 17.7 Å². The van der Waals surface area contributed by atoms with Crippen LogP contribution in [0.1, 0.15) is 31.2 Å². The van der Waals surface area contributed by atoms with Crippen LogP contribution in [0.4, 0.5) is 10.5 Å². The van der Waals surface area contributed by atoms with Crippen LogP contribution in [0.5, 0.6) is 0 Å². The summed E-state index contributed by atoms with van der Waals surface area (Å²) in [6.07, 6.45) is 3.22. The number of anilines is 1. The fourth-order valence-electron chi connectivity index (χ4n) is 2.57. The quantitative estimate of drug-likeness (QED) is 0.794. The highest BCUT2D eigenvalue weighted by Gasteiger charge is 2.31. The van der Waals surface area contributed by atoms with Crippen molar-refractivity contribution in [3.8, 4) is 0 Å². The first-order chi connectivity index (χ1) is 9.56. The fraction of sp³-hybridized carbons (Fsp3) is 0.467. The maximum absolute atomic E-state index is 11.9. The minimum absolute atomic E-state index is 0.285. The molecule has 2 unspecified atom stereocenters. The molecule has 0 heterocycles. The van der Waals surface area contributed by atoms with Crippen molar-refractivity contribution in [2.75, 3.05) is 5.32 Å². The Kier molecular flexibility index (Phi) is 4.61. The van der Waals surface area contributed by atoms with Gasteiger partial charge in [-0.3, -0.25) is 4.79 Å². The van der Waals surface area contributed by atoms with E-state index in [0.717, 1.165) is 24.8 Å². The number of aryl methyl sites for hydroxylation is 1. The van der Waals surface area contributed by atoms with E-state index < -0.39 is 11.9 Å². The highest BCUT2D eigenvalue weighted by atomic mass is 16.4. The molecule has 0 radical (unpaired) electrons. The van der Waals surface area contributed by atoms with Crippen LogP contribution in [0.15, 0.2) is 24.3 Å². The maximum Gasteiger partial charge on any atom is 0.319 e. The van der Waals surface area contributed by atoms with E-state index in [1.165, 1.54) is 0 Å². The Morgan fingerprint density at radius 3 is 2.45 bits per heavy atom. The second-order valence-electron chi connectivity index (χ2n) is 5.30.